The van der Waals surface area contributed by atoms with E-state index in [4.69, 9.17) is 23.2 Å². The number of likely N-dealkylation sites (tertiary alicyclic amines) is 1. The largest absolute Gasteiger partial charge is 0.338 e. The Kier molecular flexibility index (Phi) is 4.46. The van der Waals surface area contributed by atoms with E-state index in [0.29, 0.717) is 11.5 Å². The van der Waals surface area contributed by atoms with Gasteiger partial charge in [0.15, 0.2) is 0 Å². The molecular weight excluding hydrogens is 271 g/mol. The maximum absolute atomic E-state index is 12.3. The van der Waals surface area contributed by atoms with E-state index in [2.05, 4.69) is 11.9 Å². The zero-order valence-electron chi connectivity index (χ0n) is 10.3. The summed E-state index contributed by atoms with van der Waals surface area (Å²) >= 11 is 11.6. The number of amides is 1. The standard InChI is InChI=1S/C13H16Cl2N2O/c1-2-3-9-4-5-17(8-9)13(18)10-6-11(14)16-12(15)7-10/h6-7,9H,2-5,8H2,1H3. The van der Waals surface area contributed by atoms with Gasteiger partial charge in [0, 0.05) is 18.7 Å². The van der Waals surface area contributed by atoms with Gasteiger partial charge in [-0.2, -0.15) is 0 Å². The fourth-order valence-corrected chi connectivity index (χ4v) is 2.89. The summed E-state index contributed by atoms with van der Waals surface area (Å²) in [6, 6.07) is 3.14. The second-order valence-corrected chi connectivity index (χ2v) is 5.47. The van der Waals surface area contributed by atoms with Crippen molar-refractivity contribution in [3.63, 3.8) is 0 Å². The number of hydrogen-bond acceptors (Lipinski definition) is 2. The Hall–Kier alpha value is -0.800. The van der Waals surface area contributed by atoms with Crippen molar-refractivity contribution >= 4 is 29.1 Å². The Bertz CT molecular complexity index is 430. The van der Waals surface area contributed by atoms with Crippen molar-refractivity contribution in [2.75, 3.05) is 13.1 Å². The molecule has 1 saturated heterocycles. The third-order valence-corrected chi connectivity index (χ3v) is 3.67. The molecule has 5 heteroatoms. The van der Waals surface area contributed by atoms with Gasteiger partial charge in [-0.05, 0) is 30.9 Å². The lowest BCUT2D eigenvalue weighted by atomic mass is 10.0. The Balaban J connectivity index is 2.08. The molecule has 0 N–H and O–H groups in total. The lowest BCUT2D eigenvalue weighted by Gasteiger charge is -2.16. The summed E-state index contributed by atoms with van der Waals surface area (Å²) in [7, 11) is 0. The minimum absolute atomic E-state index is 0.000182. The van der Waals surface area contributed by atoms with E-state index < -0.39 is 0 Å². The molecule has 2 rings (SSSR count). The molecule has 1 aliphatic heterocycles. The molecule has 0 bridgehead atoms. The van der Waals surface area contributed by atoms with Crippen LogP contribution in [0.5, 0.6) is 0 Å². The van der Waals surface area contributed by atoms with Crippen molar-refractivity contribution in [3.8, 4) is 0 Å². The number of nitrogens with zero attached hydrogens (tertiary/aromatic N) is 2. The van der Waals surface area contributed by atoms with E-state index >= 15 is 0 Å². The predicted molar refractivity (Wildman–Crippen MR) is 73.2 cm³/mol. The van der Waals surface area contributed by atoms with E-state index in [-0.39, 0.29) is 16.2 Å². The first-order chi connectivity index (χ1) is 8.60. The number of carbonyl (C=O) groups is 1. The van der Waals surface area contributed by atoms with Crippen LogP contribution in [-0.2, 0) is 0 Å². The number of halogens is 2. The normalized spacial score (nSPS) is 19.3. The monoisotopic (exact) mass is 286 g/mol. The molecular formula is C13H16Cl2N2O. The molecule has 1 aromatic rings. The van der Waals surface area contributed by atoms with Crippen molar-refractivity contribution in [2.45, 2.75) is 26.2 Å². The predicted octanol–water partition coefficient (Wildman–Crippen LogP) is 3.65. The molecule has 0 aliphatic carbocycles. The molecule has 2 heterocycles. The molecule has 1 atom stereocenters. The highest BCUT2D eigenvalue weighted by atomic mass is 35.5. The topological polar surface area (TPSA) is 33.2 Å². The molecule has 1 unspecified atom stereocenters. The van der Waals surface area contributed by atoms with E-state index in [9.17, 15) is 4.79 Å². The van der Waals surface area contributed by atoms with E-state index in [1.54, 1.807) is 12.1 Å². The average molecular weight is 287 g/mol. The highest BCUT2D eigenvalue weighted by Gasteiger charge is 2.26. The summed E-state index contributed by atoms with van der Waals surface area (Å²) in [6.45, 7) is 3.83. The number of rotatable bonds is 3. The Labute approximate surface area is 117 Å². The molecule has 0 radical (unpaired) electrons. The van der Waals surface area contributed by atoms with Gasteiger partial charge in [0.1, 0.15) is 10.3 Å². The summed E-state index contributed by atoms with van der Waals surface area (Å²) < 4.78 is 0. The zero-order chi connectivity index (χ0) is 13.1. The maximum atomic E-state index is 12.3. The Morgan fingerprint density at radius 2 is 2.11 bits per heavy atom. The van der Waals surface area contributed by atoms with Crippen molar-refractivity contribution < 1.29 is 4.79 Å². The summed E-state index contributed by atoms with van der Waals surface area (Å²) in [4.78, 5) is 18.0. The van der Waals surface area contributed by atoms with Gasteiger partial charge in [0.05, 0.1) is 0 Å². The van der Waals surface area contributed by atoms with Gasteiger partial charge in [-0.3, -0.25) is 4.79 Å². The van der Waals surface area contributed by atoms with Crippen LogP contribution in [0.15, 0.2) is 12.1 Å². The van der Waals surface area contributed by atoms with Crippen LogP contribution >= 0.6 is 23.2 Å². The van der Waals surface area contributed by atoms with Gasteiger partial charge < -0.3 is 4.90 Å². The summed E-state index contributed by atoms with van der Waals surface area (Å²) in [5, 5.41) is 0.519. The highest BCUT2D eigenvalue weighted by molar-refractivity contribution is 6.33. The van der Waals surface area contributed by atoms with Gasteiger partial charge in [-0.15, -0.1) is 0 Å². The maximum Gasteiger partial charge on any atom is 0.254 e. The Morgan fingerprint density at radius 3 is 2.72 bits per heavy atom. The number of hydrogen-bond donors (Lipinski definition) is 0. The van der Waals surface area contributed by atoms with Gasteiger partial charge >= 0.3 is 0 Å². The summed E-state index contributed by atoms with van der Waals surface area (Å²) in [5.41, 5.74) is 0.525. The van der Waals surface area contributed by atoms with Gasteiger partial charge in [-0.25, -0.2) is 4.98 Å². The molecule has 18 heavy (non-hydrogen) atoms. The van der Waals surface area contributed by atoms with Crippen molar-refractivity contribution in [1.82, 2.24) is 9.88 Å². The van der Waals surface area contributed by atoms with Crippen LogP contribution in [0, 0.1) is 5.92 Å². The highest BCUT2D eigenvalue weighted by Crippen LogP contribution is 2.24. The second kappa shape index (κ2) is 5.89. The van der Waals surface area contributed by atoms with Gasteiger partial charge in [0.25, 0.3) is 5.91 Å². The molecule has 1 fully saturated rings. The van der Waals surface area contributed by atoms with E-state index in [1.165, 1.54) is 12.8 Å². The first-order valence-corrected chi connectivity index (χ1v) is 6.98. The number of pyridine rings is 1. The van der Waals surface area contributed by atoms with E-state index in [0.717, 1.165) is 19.5 Å². The first-order valence-electron chi connectivity index (χ1n) is 6.22. The van der Waals surface area contributed by atoms with Crippen LogP contribution in [0.3, 0.4) is 0 Å². The van der Waals surface area contributed by atoms with Gasteiger partial charge in [0.2, 0.25) is 0 Å². The van der Waals surface area contributed by atoms with Crippen molar-refractivity contribution in [3.05, 3.63) is 28.0 Å². The third kappa shape index (κ3) is 3.15. The van der Waals surface area contributed by atoms with Gasteiger partial charge in [-0.1, -0.05) is 36.5 Å². The second-order valence-electron chi connectivity index (χ2n) is 4.70. The van der Waals surface area contributed by atoms with Crippen molar-refractivity contribution in [1.29, 1.82) is 0 Å². The molecule has 0 aromatic carbocycles. The zero-order valence-corrected chi connectivity index (χ0v) is 11.8. The van der Waals surface area contributed by atoms with Crippen LogP contribution in [0.4, 0.5) is 0 Å². The minimum atomic E-state index is -0.000182. The third-order valence-electron chi connectivity index (χ3n) is 3.28. The number of carbonyl (C=O) groups excluding carboxylic acids is 1. The van der Waals surface area contributed by atoms with Crippen molar-refractivity contribution in [2.24, 2.45) is 5.92 Å². The molecule has 98 valence electrons. The fraction of sp³-hybridized carbons (Fsp3) is 0.538. The van der Waals surface area contributed by atoms with Crippen LogP contribution in [0.1, 0.15) is 36.5 Å². The Morgan fingerprint density at radius 1 is 1.44 bits per heavy atom. The average Bonchev–Trinajstić information content (AvgIpc) is 2.76. The van der Waals surface area contributed by atoms with Crippen LogP contribution in [0.25, 0.3) is 0 Å². The molecule has 0 spiro atoms. The molecule has 1 amide bonds. The molecule has 1 aromatic heterocycles. The lowest BCUT2D eigenvalue weighted by Crippen LogP contribution is -2.28. The molecule has 1 aliphatic rings. The van der Waals surface area contributed by atoms with Crippen LogP contribution < -0.4 is 0 Å². The van der Waals surface area contributed by atoms with Crippen LogP contribution in [-0.4, -0.2) is 28.9 Å². The first kappa shape index (κ1) is 13.6. The summed E-state index contributed by atoms with van der Waals surface area (Å²) in [5.74, 6) is 0.631. The minimum Gasteiger partial charge on any atom is -0.338 e. The SMILES string of the molecule is CCCC1CCN(C(=O)c2cc(Cl)nc(Cl)c2)C1. The fourth-order valence-electron chi connectivity index (χ4n) is 2.43. The summed E-state index contributed by atoms with van der Waals surface area (Å²) in [6.07, 6.45) is 3.44. The van der Waals surface area contributed by atoms with E-state index in [1.807, 2.05) is 4.90 Å². The molecule has 3 nitrogen and oxygen atoms in total. The quantitative estimate of drug-likeness (QED) is 0.795. The molecule has 0 saturated carbocycles. The number of aromatic nitrogens is 1. The lowest BCUT2D eigenvalue weighted by molar-refractivity contribution is 0.0786. The smallest absolute Gasteiger partial charge is 0.254 e. The van der Waals surface area contributed by atoms with Crippen LogP contribution in [0.2, 0.25) is 10.3 Å².